The van der Waals surface area contributed by atoms with Crippen LogP contribution in [0, 0.1) is 0 Å². The van der Waals surface area contributed by atoms with E-state index in [4.69, 9.17) is 11.6 Å². The van der Waals surface area contributed by atoms with Crippen LogP contribution in [-0.4, -0.2) is 16.1 Å². The molecule has 2 N–H and O–H groups in total. The average Bonchev–Trinajstić information content (AvgIpc) is 3.12. The molecule has 0 saturated heterocycles. The van der Waals surface area contributed by atoms with Gasteiger partial charge in [-0.1, -0.05) is 36.6 Å². The number of aromatic amines is 1. The minimum atomic E-state index is -0.0678. The number of hydrogen-bond donors (Lipinski definition) is 2. The summed E-state index contributed by atoms with van der Waals surface area (Å²) in [6.07, 6.45) is 5.30. The van der Waals surface area contributed by atoms with Crippen molar-refractivity contribution in [3.8, 4) is 0 Å². The van der Waals surface area contributed by atoms with Gasteiger partial charge in [-0.15, -0.1) is 0 Å². The minimum absolute atomic E-state index is 0.0678. The Hall–Kier alpha value is -1.81. The third kappa shape index (κ3) is 3.64. The Balaban J connectivity index is 1.58. The molecule has 0 atom stereocenters. The summed E-state index contributed by atoms with van der Waals surface area (Å²) < 4.78 is 0. The van der Waals surface area contributed by atoms with E-state index in [1.807, 2.05) is 18.2 Å². The van der Waals surface area contributed by atoms with Gasteiger partial charge in [0.25, 0.3) is 0 Å². The first-order valence-electron chi connectivity index (χ1n) is 7.30. The van der Waals surface area contributed by atoms with Gasteiger partial charge in [0.2, 0.25) is 5.91 Å². The van der Waals surface area contributed by atoms with Gasteiger partial charge in [-0.3, -0.25) is 9.89 Å². The first-order valence-corrected chi connectivity index (χ1v) is 7.68. The number of rotatable bonds is 4. The molecule has 1 aliphatic carbocycles. The zero-order chi connectivity index (χ0) is 14.7. The summed E-state index contributed by atoms with van der Waals surface area (Å²) in [6.45, 7) is 0. The van der Waals surface area contributed by atoms with Gasteiger partial charge in [0.05, 0.1) is 6.42 Å². The highest BCUT2D eigenvalue weighted by Crippen LogP contribution is 2.33. The van der Waals surface area contributed by atoms with Gasteiger partial charge in [-0.25, -0.2) is 0 Å². The molecule has 1 saturated carbocycles. The van der Waals surface area contributed by atoms with Crippen LogP contribution < -0.4 is 5.32 Å². The maximum absolute atomic E-state index is 12.0. The highest BCUT2D eigenvalue weighted by molar-refractivity contribution is 6.30. The fourth-order valence-corrected chi connectivity index (χ4v) is 2.95. The van der Waals surface area contributed by atoms with Crippen molar-refractivity contribution in [2.24, 2.45) is 0 Å². The lowest BCUT2D eigenvalue weighted by atomic mass is 10.0. The zero-order valence-corrected chi connectivity index (χ0v) is 12.5. The van der Waals surface area contributed by atoms with Crippen molar-refractivity contribution in [1.29, 1.82) is 0 Å². The van der Waals surface area contributed by atoms with Gasteiger partial charge in [-0.2, -0.15) is 5.10 Å². The van der Waals surface area contributed by atoms with Crippen molar-refractivity contribution in [2.75, 3.05) is 5.32 Å². The average molecular weight is 304 g/mol. The number of H-pyrrole nitrogens is 1. The highest BCUT2D eigenvalue weighted by Gasteiger charge is 2.19. The fraction of sp³-hybridized carbons (Fsp3) is 0.375. The summed E-state index contributed by atoms with van der Waals surface area (Å²) in [5.74, 6) is 1.11. The van der Waals surface area contributed by atoms with E-state index >= 15 is 0 Å². The molecule has 2 aromatic rings. The number of nitrogens with zero attached hydrogens (tertiary/aromatic N) is 1. The molecule has 21 heavy (non-hydrogen) atoms. The van der Waals surface area contributed by atoms with Gasteiger partial charge in [0.1, 0.15) is 0 Å². The van der Waals surface area contributed by atoms with E-state index in [-0.39, 0.29) is 5.91 Å². The largest absolute Gasteiger partial charge is 0.309 e. The van der Waals surface area contributed by atoms with E-state index in [2.05, 4.69) is 15.5 Å². The number of amides is 1. The Kier molecular flexibility index (Phi) is 4.25. The molecule has 110 valence electrons. The number of hydrogen-bond acceptors (Lipinski definition) is 2. The maximum Gasteiger partial charge on any atom is 0.229 e. The van der Waals surface area contributed by atoms with Crippen LogP contribution >= 0.6 is 11.6 Å². The Morgan fingerprint density at radius 3 is 2.71 bits per heavy atom. The summed E-state index contributed by atoms with van der Waals surface area (Å²) in [5.41, 5.74) is 2.07. The Morgan fingerprint density at radius 2 is 2.00 bits per heavy atom. The third-order valence-corrected chi connectivity index (χ3v) is 4.19. The van der Waals surface area contributed by atoms with Crippen molar-refractivity contribution in [3.63, 3.8) is 0 Å². The van der Waals surface area contributed by atoms with E-state index in [1.54, 1.807) is 12.1 Å². The molecular formula is C16H18ClN3O. The minimum Gasteiger partial charge on any atom is -0.309 e. The first-order chi connectivity index (χ1) is 10.2. The number of nitrogens with one attached hydrogen (secondary N) is 2. The standard InChI is InChI=1S/C16H18ClN3O/c17-13-7-5-11(6-8-13)9-16(21)18-15-10-14(19-20-15)12-3-1-2-4-12/h5-8,10,12H,1-4,9H2,(H2,18,19,20,21). The molecule has 0 unspecified atom stereocenters. The van der Waals surface area contributed by atoms with Crippen LogP contribution in [-0.2, 0) is 11.2 Å². The quantitative estimate of drug-likeness (QED) is 0.900. The maximum atomic E-state index is 12.0. The predicted octanol–water partition coefficient (Wildman–Crippen LogP) is 3.90. The number of carbonyl (C=O) groups excluding carboxylic acids is 1. The number of benzene rings is 1. The fourth-order valence-electron chi connectivity index (χ4n) is 2.82. The van der Waals surface area contributed by atoms with Crippen LogP contribution in [0.5, 0.6) is 0 Å². The van der Waals surface area contributed by atoms with Gasteiger partial charge >= 0.3 is 0 Å². The van der Waals surface area contributed by atoms with Crippen LogP contribution in [0.15, 0.2) is 30.3 Å². The normalized spacial score (nSPS) is 15.3. The van der Waals surface area contributed by atoms with Crippen LogP contribution in [0.1, 0.15) is 42.9 Å². The second kappa shape index (κ2) is 6.31. The molecule has 1 aromatic heterocycles. The molecule has 0 aliphatic heterocycles. The van der Waals surface area contributed by atoms with Gasteiger partial charge in [0, 0.05) is 22.7 Å². The molecule has 1 fully saturated rings. The molecule has 1 aromatic carbocycles. The second-order valence-electron chi connectivity index (χ2n) is 5.54. The summed E-state index contributed by atoms with van der Waals surface area (Å²) in [5, 5.41) is 10.7. The number of carbonyl (C=O) groups is 1. The molecule has 3 rings (SSSR count). The molecule has 0 spiro atoms. The van der Waals surface area contributed by atoms with Crippen LogP contribution in [0.3, 0.4) is 0 Å². The lowest BCUT2D eigenvalue weighted by molar-refractivity contribution is -0.115. The molecule has 1 aliphatic rings. The lowest BCUT2D eigenvalue weighted by Gasteiger charge is -2.04. The number of anilines is 1. The number of halogens is 1. The molecular weight excluding hydrogens is 286 g/mol. The van der Waals surface area contributed by atoms with Crippen LogP contribution in [0.25, 0.3) is 0 Å². The number of aromatic nitrogens is 2. The van der Waals surface area contributed by atoms with Crippen molar-refractivity contribution < 1.29 is 4.79 Å². The van der Waals surface area contributed by atoms with Crippen molar-refractivity contribution in [2.45, 2.75) is 38.0 Å². The first kappa shape index (κ1) is 14.1. The zero-order valence-electron chi connectivity index (χ0n) is 11.7. The van der Waals surface area contributed by atoms with Crippen molar-refractivity contribution in [1.82, 2.24) is 10.2 Å². The smallest absolute Gasteiger partial charge is 0.229 e. The van der Waals surface area contributed by atoms with E-state index in [0.29, 0.717) is 23.2 Å². The summed E-state index contributed by atoms with van der Waals surface area (Å²) in [4.78, 5) is 12.0. The van der Waals surface area contributed by atoms with Gasteiger partial charge in [-0.05, 0) is 30.5 Å². The molecule has 0 radical (unpaired) electrons. The Labute approximate surface area is 128 Å². The van der Waals surface area contributed by atoms with E-state index < -0.39 is 0 Å². The Morgan fingerprint density at radius 1 is 1.29 bits per heavy atom. The summed E-state index contributed by atoms with van der Waals surface area (Å²) >= 11 is 5.83. The van der Waals surface area contributed by atoms with E-state index in [1.165, 1.54) is 25.7 Å². The second-order valence-corrected chi connectivity index (χ2v) is 5.98. The van der Waals surface area contributed by atoms with Crippen LogP contribution in [0.2, 0.25) is 5.02 Å². The highest BCUT2D eigenvalue weighted by atomic mass is 35.5. The van der Waals surface area contributed by atoms with Crippen molar-refractivity contribution in [3.05, 3.63) is 46.6 Å². The predicted molar refractivity (Wildman–Crippen MR) is 83.6 cm³/mol. The van der Waals surface area contributed by atoms with E-state index in [9.17, 15) is 4.79 Å². The third-order valence-electron chi connectivity index (χ3n) is 3.94. The monoisotopic (exact) mass is 303 g/mol. The summed E-state index contributed by atoms with van der Waals surface area (Å²) in [7, 11) is 0. The molecule has 4 nitrogen and oxygen atoms in total. The lowest BCUT2D eigenvalue weighted by Crippen LogP contribution is -2.14. The molecule has 5 heteroatoms. The molecule has 1 heterocycles. The SMILES string of the molecule is O=C(Cc1ccc(Cl)cc1)Nc1cc(C2CCCC2)[nH]n1. The van der Waals surface area contributed by atoms with Gasteiger partial charge in [0.15, 0.2) is 5.82 Å². The summed E-state index contributed by atoms with van der Waals surface area (Å²) in [6, 6.07) is 9.25. The Bertz CT molecular complexity index is 615. The van der Waals surface area contributed by atoms with Crippen LogP contribution in [0.4, 0.5) is 5.82 Å². The van der Waals surface area contributed by atoms with E-state index in [0.717, 1.165) is 11.3 Å². The van der Waals surface area contributed by atoms with Crippen molar-refractivity contribution >= 4 is 23.3 Å². The molecule has 0 bridgehead atoms. The topological polar surface area (TPSA) is 57.8 Å². The molecule has 1 amide bonds. The van der Waals surface area contributed by atoms with Gasteiger partial charge < -0.3 is 5.32 Å².